The van der Waals surface area contributed by atoms with Crippen molar-refractivity contribution in [2.75, 3.05) is 6.61 Å². The summed E-state index contributed by atoms with van der Waals surface area (Å²) in [5.74, 6) is -0.320. The van der Waals surface area contributed by atoms with Crippen LogP contribution < -0.4 is 5.32 Å². The molecule has 1 amide bonds. The van der Waals surface area contributed by atoms with Crippen molar-refractivity contribution in [2.24, 2.45) is 0 Å². The van der Waals surface area contributed by atoms with Gasteiger partial charge in [-0.3, -0.25) is 4.79 Å². The molecule has 49 heavy (non-hydrogen) atoms. The number of nitrogens with one attached hydrogen (secondary N) is 1. The number of allylic oxidation sites excluding steroid dienone is 3. The maximum Gasteiger partial charge on any atom is 0.222 e. The highest BCUT2D eigenvalue weighted by Gasteiger charge is 2.20. The molecule has 0 aromatic heterocycles. The molecule has 0 fully saturated rings. The Kier molecular flexibility index (Phi) is 38.7. The van der Waals surface area contributed by atoms with Gasteiger partial charge in [-0.2, -0.15) is 0 Å². The molecule has 0 spiro atoms. The Morgan fingerprint density at radius 3 is 1.27 bits per heavy atom. The Balaban J connectivity index is 3.66. The van der Waals surface area contributed by atoms with Gasteiger partial charge in [0.15, 0.2) is 0 Å². The molecule has 0 saturated carbocycles. The van der Waals surface area contributed by atoms with Crippen molar-refractivity contribution in [3.63, 3.8) is 0 Å². The summed E-state index contributed by atoms with van der Waals surface area (Å²) >= 11 is 0. The Labute approximate surface area is 305 Å². The molecule has 0 radical (unpaired) electrons. The van der Waals surface area contributed by atoms with E-state index in [-0.39, 0.29) is 18.9 Å². The average Bonchev–Trinajstić information content (AvgIpc) is 3.09. The molecule has 0 saturated heterocycles. The Morgan fingerprint density at radius 2 is 0.857 bits per heavy atom. The van der Waals surface area contributed by atoms with E-state index < -0.39 is 18.2 Å². The van der Waals surface area contributed by atoms with Crippen LogP contribution in [0.15, 0.2) is 24.3 Å². The average molecular weight is 692 g/mol. The molecule has 0 aromatic rings. The van der Waals surface area contributed by atoms with E-state index in [9.17, 15) is 20.1 Å². The number of hydrogen-bond donors (Lipinski definition) is 4. The van der Waals surface area contributed by atoms with Gasteiger partial charge in [-0.25, -0.2) is 0 Å². The predicted octanol–water partition coefficient (Wildman–Crippen LogP) is 12.2. The van der Waals surface area contributed by atoms with Crippen molar-refractivity contribution < 1.29 is 20.1 Å². The molecule has 3 unspecified atom stereocenters. The summed E-state index contributed by atoms with van der Waals surface area (Å²) in [5.41, 5.74) is 0. The van der Waals surface area contributed by atoms with Crippen molar-refractivity contribution in [1.82, 2.24) is 5.32 Å². The zero-order chi connectivity index (χ0) is 35.9. The van der Waals surface area contributed by atoms with Gasteiger partial charge < -0.3 is 20.6 Å². The van der Waals surface area contributed by atoms with Crippen LogP contribution in [0.4, 0.5) is 0 Å². The summed E-state index contributed by atoms with van der Waals surface area (Å²) in [6.07, 6.45) is 47.5. The fraction of sp³-hybridized carbons (Fsp3) is 0.886. The third-order valence-electron chi connectivity index (χ3n) is 9.98. The number of aliphatic hydroxyl groups excluding tert-OH is 3. The summed E-state index contributed by atoms with van der Waals surface area (Å²) in [6.45, 7) is 4.20. The molecule has 4 N–H and O–H groups in total. The number of carbonyl (C=O) groups is 1. The first-order valence-electron chi connectivity index (χ1n) is 21.6. The molecule has 0 aromatic carbocycles. The molecule has 5 heteroatoms. The molecule has 290 valence electrons. The van der Waals surface area contributed by atoms with E-state index in [1.807, 2.05) is 6.08 Å². The van der Waals surface area contributed by atoms with E-state index in [0.29, 0.717) is 6.42 Å². The van der Waals surface area contributed by atoms with Gasteiger partial charge in [0.1, 0.15) is 0 Å². The molecule has 0 aliphatic heterocycles. The minimum atomic E-state index is -0.928. The highest BCUT2D eigenvalue weighted by Crippen LogP contribution is 2.16. The lowest BCUT2D eigenvalue weighted by Crippen LogP contribution is -2.45. The van der Waals surface area contributed by atoms with Crippen LogP contribution in [0.5, 0.6) is 0 Å². The predicted molar refractivity (Wildman–Crippen MR) is 213 cm³/mol. The van der Waals surface area contributed by atoms with Gasteiger partial charge in [-0.15, -0.1) is 0 Å². The van der Waals surface area contributed by atoms with Crippen LogP contribution >= 0.6 is 0 Å². The van der Waals surface area contributed by atoms with Crippen LogP contribution in [0.1, 0.15) is 226 Å². The maximum atomic E-state index is 12.4. The molecular formula is C44H85NO4. The van der Waals surface area contributed by atoms with Gasteiger partial charge >= 0.3 is 0 Å². The monoisotopic (exact) mass is 692 g/mol. The third kappa shape index (κ3) is 36.4. The number of carbonyl (C=O) groups excluding carboxylic acids is 1. The first kappa shape index (κ1) is 47.8. The number of unbranched alkanes of at least 4 members (excludes halogenated alkanes) is 28. The van der Waals surface area contributed by atoms with E-state index in [4.69, 9.17) is 0 Å². The van der Waals surface area contributed by atoms with Gasteiger partial charge in [-0.1, -0.05) is 199 Å². The molecule has 3 atom stereocenters. The second-order valence-corrected chi connectivity index (χ2v) is 15.0. The van der Waals surface area contributed by atoms with Crippen molar-refractivity contribution in [3.8, 4) is 0 Å². The fourth-order valence-corrected chi connectivity index (χ4v) is 6.63. The molecule has 0 rings (SSSR count). The van der Waals surface area contributed by atoms with Gasteiger partial charge in [0.25, 0.3) is 0 Å². The lowest BCUT2D eigenvalue weighted by Gasteiger charge is -2.21. The topological polar surface area (TPSA) is 89.8 Å². The van der Waals surface area contributed by atoms with Gasteiger partial charge in [-0.05, 0) is 44.9 Å². The van der Waals surface area contributed by atoms with Crippen LogP contribution in [0.25, 0.3) is 0 Å². The summed E-state index contributed by atoms with van der Waals surface area (Å²) in [4.78, 5) is 12.4. The Morgan fingerprint density at radius 1 is 0.510 bits per heavy atom. The van der Waals surface area contributed by atoms with E-state index in [1.165, 1.54) is 161 Å². The van der Waals surface area contributed by atoms with E-state index in [0.717, 1.165) is 38.5 Å². The summed E-state index contributed by atoms with van der Waals surface area (Å²) in [6, 6.07) is -0.744. The van der Waals surface area contributed by atoms with E-state index >= 15 is 0 Å². The number of hydrogen-bond acceptors (Lipinski definition) is 4. The van der Waals surface area contributed by atoms with Crippen molar-refractivity contribution in [3.05, 3.63) is 24.3 Å². The van der Waals surface area contributed by atoms with Gasteiger partial charge in [0.05, 0.1) is 31.3 Å². The smallest absolute Gasteiger partial charge is 0.222 e. The normalized spacial score (nSPS) is 13.8. The van der Waals surface area contributed by atoms with Crippen LogP contribution in [-0.4, -0.2) is 46.1 Å². The van der Waals surface area contributed by atoms with Crippen molar-refractivity contribution in [1.29, 1.82) is 0 Å². The summed E-state index contributed by atoms with van der Waals surface area (Å²) < 4.78 is 0. The third-order valence-corrected chi connectivity index (χ3v) is 9.98. The Hall–Kier alpha value is -1.17. The summed E-state index contributed by atoms with van der Waals surface area (Å²) in [7, 11) is 0. The quantitative estimate of drug-likeness (QED) is 0.0381. The van der Waals surface area contributed by atoms with Crippen molar-refractivity contribution >= 4 is 5.91 Å². The molecule has 5 nitrogen and oxygen atoms in total. The van der Waals surface area contributed by atoms with E-state index in [1.54, 1.807) is 6.08 Å². The number of amides is 1. The summed E-state index contributed by atoms with van der Waals surface area (Å²) in [5, 5.41) is 33.2. The molecule has 0 aliphatic carbocycles. The van der Waals surface area contributed by atoms with Crippen LogP contribution in [-0.2, 0) is 4.79 Å². The second kappa shape index (κ2) is 39.6. The maximum absolute atomic E-state index is 12.4. The molecule has 0 bridgehead atoms. The zero-order valence-electron chi connectivity index (χ0n) is 32.8. The van der Waals surface area contributed by atoms with Crippen molar-refractivity contribution in [2.45, 2.75) is 244 Å². The number of aliphatic hydroxyl groups is 3. The Bertz CT molecular complexity index is 724. The van der Waals surface area contributed by atoms with E-state index in [2.05, 4.69) is 31.3 Å². The van der Waals surface area contributed by atoms with Crippen LogP contribution in [0.3, 0.4) is 0 Å². The second-order valence-electron chi connectivity index (χ2n) is 15.0. The largest absolute Gasteiger partial charge is 0.394 e. The van der Waals surface area contributed by atoms with Gasteiger partial charge in [0.2, 0.25) is 5.91 Å². The fourth-order valence-electron chi connectivity index (χ4n) is 6.63. The molecule has 0 aliphatic rings. The first-order valence-corrected chi connectivity index (χ1v) is 21.6. The van der Waals surface area contributed by atoms with Gasteiger partial charge in [0, 0.05) is 0 Å². The SMILES string of the molecule is CCCCCC/C=C\CCCCCCCC(O)CC(=O)NC(CO)C(O)/C=C/CCCCCCCCCCCCCCCCCCCCC. The highest BCUT2D eigenvalue weighted by molar-refractivity contribution is 5.76. The molecule has 0 heterocycles. The zero-order valence-corrected chi connectivity index (χ0v) is 32.8. The first-order chi connectivity index (χ1) is 24.0. The highest BCUT2D eigenvalue weighted by atomic mass is 16.3. The lowest BCUT2D eigenvalue weighted by atomic mass is 10.0. The standard InChI is InChI=1S/C44H85NO4/c1-3-5-7-9-11-13-15-17-18-19-20-21-22-23-24-26-28-30-32-34-36-38-43(48)42(40-46)45-44(49)39-41(47)37-35-33-31-29-27-25-16-14-12-10-8-6-4-2/h14,16,36,38,41-43,46-48H,3-13,15,17-35,37,39-40H2,1-2H3,(H,45,49)/b16-14-,38-36+. The van der Waals surface area contributed by atoms with Crippen LogP contribution in [0.2, 0.25) is 0 Å². The minimum absolute atomic E-state index is 0.00927. The molecular weight excluding hydrogens is 606 g/mol. The lowest BCUT2D eigenvalue weighted by molar-refractivity contribution is -0.124. The van der Waals surface area contributed by atoms with Crippen LogP contribution in [0, 0.1) is 0 Å². The minimum Gasteiger partial charge on any atom is -0.394 e. The number of rotatable bonds is 39.